The Kier molecular flexibility index (Phi) is 3.50. The lowest BCUT2D eigenvalue weighted by molar-refractivity contribution is 0.324. The molecule has 0 radical (unpaired) electrons. The summed E-state index contributed by atoms with van der Waals surface area (Å²) >= 11 is 0. The zero-order chi connectivity index (χ0) is 14.0. The molecule has 0 unspecified atom stereocenters. The number of ether oxygens (including phenoxy) is 3. The average molecular weight is 263 g/mol. The molecule has 0 saturated carbocycles. The molecule has 19 heavy (non-hydrogen) atoms. The Morgan fingerprint density at radius 2 is 1.63 bits per heavy atom. The lowest BCUT2D eigenvalue weighted by Gasteiger charge is -2.14. The van der Waals surface area contributed by atoms with Crippen molar-refractivity contribution in [3.8, 4) is 22.9 Å². The maximum absolute atomic E-state index is 5.80. The molecule has 0 saturated heterocycles. The normalized spacial score (nSPS) is 10.3. The lowest BCUT2D eigenvalue weighted by Crippen LogP contribution is -2.00. The van der Waals surface area contributed by atoms with Crippen LogP contribution in [0.2, 0.25) is 0 Å². The zero-order valence-corrected chi connectivity index (χ0v) is 11.4. The van der Waals surface area contributed by atoms with E-state index in [1.165, 1.54) is 0 Å². The van der Waals surface area contributed by atoms with Crippen LogP contribution < -0.4 is 19.9 Å². The molecule has 1 aromatic heterocycles. The topological polar surface area (TPSA) is 71.5 Å². The smallest absolute Gasteiger partial charge is 0.203 e. The first kappa shape index (κ1) is 13.1. The van der Waals surface area contributed by atoms with Crippen LogP contribution in [0.4, 0.5) is 5.69 Å². The van der Waals surface area contributed by atoms with E-state index in [-0.39, 0.29) is 0 Å². The Hall–Kier alpha value is -2.37. The van der Waals surface area contributed by atoms with Gasteiger partial charge in [-0.1, -0.05) is 0 Å². The number of hydrogen-bond donors (Lipinski definition) is 1. The van der Waals surface area contributed by atoms with Gasteiger partial charge in [0.1, 0.15) is 0 Å². The summed E-state index contributed by atoms with van der Waals surface area (Å²) in [5.41, 5.74) is 8.00. The minimum absolute atomic E-state index is 0.547. The van der Waals surface area contributed by atoms with Crippen molar-refractivity contribution in [2.75, 3.05) is 27.1 Å². The molecule has 2 aromatic rings. The number of nitrogens with zero attached hydrogens (tertiary/aromatic N) is 2. The molecule has 102 valence electrons. The number of aryl methyl sites for hydroxylation is 1. The fourth-order valence-corrected chi connectivity index (χ4v) is 1.81. The van der Waals surface area contributed by atoms with Gasteiger partial charge in [0.2, 0.25) is 5.75 Å². The second-order valence-corrected chi connectivity index (χ2v) is 4.00. The molecule has 2 N–H and O–H groups in total. The van der Waals surface area contributed by atoms with Crippen LogP contribution in [0.25, 0.3) is 5.69 Å². The highest BCUT2D eigenvalue weighted by molar-refractivity contribution is 5.58. The van der Waals surface area contributed by atoms with Gasteiger partial charge in [0, 0.05) is 12.1 Å². The lowest BCUT2D eigenvalue weighted by atomic mass is 10.2. The fraction of sp³-hybridized carbons (Fsp3) is 0.308. The molecule has 0 aliphatic carbocycles. The first-order valence-electron chi connectivity index (χ1n) is 5.72. The third-order valence-corrected chi connectivity index (χ3v) is 2.85. The molecular formula is C13H17N3O3. The van der Waals surface area contributed by atoms with Crippen LogP contribution in [0, 0.1) is 6.92 Å². The van der Waals surface area contributed by atoms with Crippen molar-refractivity contribution in [1.82, 2.24) is 9.78 Å². The van der Waals surface area contributed by atoms with E-state index >= 15 is 0 Å². The van der Waals surface area contributed by atoms with Crippen molar-refractivity contribution in [3.63, 3.8) is 0 Å². The summed E-state index contributed by atoms with van der Waals surface area (Å²) in [6.07, 6.45) is 1.75. The largest absolute Gasteiger partial charge is 0.493 e. The first-order valence-corrected chi connectivity index (χ1v) is 5.72. The number of nitrogens with two attached hydrogens (primary N) is 1. The standard InChI is InChI=1S/C13H17N3O3/c1-8-10(14)7-16(15-8)9-5-11(17-2)13(19-4)12(6-9)18-3/h5-7H,14H2,1-4H3. The van der Waals surface area contributed by atoms with E-state index in [4.69, 9.17) is 19.9 Å². The van der Waals surface area contributed by atoms with Gasteiger partial charge in [-0.05, 0) is 6.92 Å². The maximum Gasteiger partial charge on any atom is 0.203 e. The van der Waals surface area contributed by atoms with E-state index in [1.807, 2.05) is 19.1 Å². The predicted octanol–water partition coefficient (Wildman–Crippen LogP) is 1.79. The number of nitrogen functional groups attached to an aromatic ring is 1. The van der Waals surface area contributed by atoms with Gasteiger partial charge < -0.3 is 19.9 Å². The molecule has 6 nitrogen and oxygen atoms in total. The zero-order valence-electron chi connectivity index (χ0n) is 11.4. The van der Waals surface area contributed by atoms with Crippen LogP contribution >= 0.6 is 0 Å². The minimum Gasteiger partial charge on any atom is -0.493 e. The van der Waals surface area contributed by atoms with Crippen molar-refractivity contribution in [3.05, 3.63) is 24.0 Å². The molecule has 1 heterocycles. The number of methoxy groups -OCH3 is 3. The van der Waals surface area contributed by atoms with E-state index in [0.29, 0.717) is 22.9 Å². The van der Waals surface area contributed by atoms with Crippen LogP contribution in [-0.2, 0) is 0 Å². The molecule has 0 atom stereocenters. The fourth-order valence-electron chi connectivity index (χ4n) is 1.81. The molecular weight excluding hydrogens is 246 g/mol. The SMILES string of the molecule is COc1cc(-n2cc(N)c(C)n2)cc(OC)c1OC. The highest BCUT2D eigenvalue weighted by Gasteiger charge is 2.15. The first-order chi connectivity index (χ1) is 9.10. The second kappa shape index (κ2) is 5.09. The van der Waals surface area contributed by atoms with Crippen LogP contribution in [0.5, 0.6) is 17.2 Å². The molecule has 0 aliphatic heterocycles. The minimum atomic E-state index is 0.547. The van der Waals surface area contributed by atoms with Crippen molar-refractivity contribution in [1.29, 1.82) is 0 Å². The van der Waals surface area contributed by atoms with Gasteiger partial charge >= 0.3 is 0 Å². The van der Waals surface area contributed by atoms with Crippen LogP contribution in [0.1, 0.15) is 5.69 Å². The Labute approximate surface area is 111 Å². The molecule has 1 aromatic carbocycles. The van der Waals surface area contributed by atoms with E-state index in [0.717, 1.165) is 11.4 Å². The Morgan fingerprint density at radius 1 is 1.05 bits per heavy atom. The van der Waals surface area contributed by atoms with Crippen molar-refractivity contribution in [2.45, 2.75) is 6.92 Å². The Morgan fingerprint density at radius 3 is 2.00 bits per heavy atom. The highest BCUT2D eigenvalue weighted by Crippen LogP contribution is 2.39. The monoisotopic (exact) mass is 263 g/mol. The molecule has 6 heteroatoms. The second-order valence-electron chi connectivity index (χ2n) is 4.00. The Balaban J connectivity index is 2.58. The quantitative estimate of drug-likeness (QED) is 0.910. The molecule has 0 fully saturated rings. The summed E-state index contributed by atoms with van der Waals surface area (Å²) in [6, 6.07) is 3.63. The molecule has 2 rings (SSSR count). The van der Waals surface area contributed by atoms with E-state index in [9.17, 15) is 0 Å². The molecule has 0 aliphatic rings. The van der Waals surface area contributed by atoms with Gasteiger partial charge in [-0.3, -0.25) is 0 Å². The van der Waals surface area contributed by atoms with Gasteiger partial charge in [-0.25, -0.2) is 4.68 Å². The summed E-state index contributed by atoms with van der Waals surface area (Å²) in [4.78, 5) is 0. The number of hydrogen-bond acceptors (Lipinski definition) is 5. The van der Waals surface area contributed by atoms with Crippen LogP contribution in [0.15, 0.2) is 18.3 Å². The van der Waals surface area contributed by atoms with Gasteiger partial charge in [0.15, 0.2) is 11.5 Å². The van der Waals surface area contributed by atoms with Gasteiger partial charge in [0.05, 0.1) is 44.6 Å². The predicted molar refractivity (Wildman–Crippen MR) is 72.4 cm³/mol. The molecule has 0 amide bonds. The van der Waals surface area contributed by atoms with Crippen molar-refractivity contribution < 1.29 is 14.2 Å². The van der Waals surface area contributed by atoms with Gasteiger partial charge in [-0.2, -0.15) is 5.10 Å². The Bertz CT molecular complexity index is 548. The summed E-state index contributed by atoms with van der Waals surface area (Å²) in [5, 5.41) is 4.33. The summed E-state index contributed by atoms with van der Waals surface area (Å²) in [5.74, 6) is 1.69. The van der Waals surface area contributed by atoms with Gasteiger partial charge in [-0.15, -0.1) is 0 Å². The van der Waals surface area contributed by atoms with E-state index in [1.54, 1.807) is 32.2 Å². The summed E-state index contributed by atoms with van der Waals surface area (Å²) < 4.78 is 17.6. The molecule has 0 bridgehead atoms. The number of anilines is 1. The van der Waals surface area contributed by atoms with Crippen LogP contribution in [-0.4, -0.2) is 31.1 Å². The maximum atomic E-state index is 5.80. The number of benzene rings is 1. The third-order valence-electron chi connectivity index (χ3n) is 2.85. The highest BCUT2D eigenvalue weighted by atomic mass is 16.5. The van der Waals surface area contributed by atoms with Gasteiger partial charge in [0.25, 0.3) is 0 Å². The van der Waals surface area contributed by atoms with Crippen molar-refractivity contribution in [2.24, 2.45) is 0 Å². The summed E-state index contributed by atoms with van der Waals surface area (Å²) in [6.45, 7) is 1.85. The van der Waals surface area contributed by atoms with Crippen molar-refractivity contribution >= 4 is 5.69 Å². The van der Waals surface area contributed by atoms with Crippen LogP contribution in [0.3, 0.4) is 0 Å². The average Bonchev–Trinajstić information content (AvgIpc) is 2.76. The van der Waals surface area contributed by atoms with E-state index in [2.05, 4.69) is 5.10 Å². The summed E-state index contributed by atoms with van der Waals surface area (Å²) in [7, 11) is 4.71. The number of rotatable bonds is 4. The number of aromatic nitrogens is 2. The van der Waals surface area contributed by atoms with E-state index < -0.39 is 0 Å². The third kappa shape index (κ3) is 2.29. The molecule has 0 spiro atoms.